The van der Waals surface area contributed by atoms with Gasteiger partial charge in [0.2, 0.25) is 0 Å². The van der Waals surface area contributed by atoms with Crippen LogP contribution in [0.2, 0.25) is 0 Å². The van der Waals surface area contributed by atoms with Crippen molar-refractivity contribution in [1.82, 2.24) is 20.3 Å². The molecule has 0 radical (unpaired) electrons. The summed E-state index contributed by atoms with van der Waals surface area (Å²) in [4.78, 5) is 36.4. The standard InChI is InChI=1S/C22H25N5O2.C3H8/c1-5-24-19-10-16(20-12-23-6-7-25-20)9-17(15(19)4)21(28)26-11-18-13(2)8-14(3)27-22(18)29;1-3-2/h6-10,12,24H,5,11H2,1-4H3,(H,26,28)(H,27,29);3H2,1-2H3. The van der Waals surface area contributed by atoms with Gasteiger partial charge < -0.3 is 15.6 Å². The van der Waals surface area contributed by atoms with Crippen LogP contribution in [-0.2, 0) is 6.54 Å². The van der Waals surface area contributed by atoms with E-state index < -0.39 is 0 Å². The molecule has 3 rings (SSSR count). The normalized spacial score (nSPS) is 10.2. The Hall–Kier alpha value is -3.48. The van der Waals surface area contributed by atoms with Gasteiger partial charge in [-0.1, -0.05) is 20.3 Å². The third-order valence-corrected chi connectivity index (χ3v) is 4.80. The molecule has 0 fully saturated rings. The second-order valence-electron chi connectivity index (χ2n) is 7.65. The van der Waals surface area contributed by atoms with Gasteiger partial charge in [0, 0.05) is 53.6 Å². The second kappa shape index (κ2) is 11.8. The summed E-state index contributed by atoms with van der Waals surface area (Å²) in [5.74, 6) is -0.244. The fourth-order valence-electron chi connectivity index (χ4n) is 3.29. The fourth-order valence-corrected chi connectivity index (χ4v) is 3.29. The van der Waals surface area contributed by atoms with Crippen molar-refractivity contribution >= 4 is 11.6 Å². The maximum absolute atomic E-state index is 13.0. The van der Waals surface area contributed by atoms with Crippen LogP contribution in [0.4, 0.5) is 5.69 Å². The van der Waals surface area contributed by atoms with Gasteiger partial charge >= 0.3 is 0 Å². The quantitative estimate of drug-likeness (QED) is 0.528. The van der Waals surface area contributed by atoms with Crippen molar-refractivity contribution < 1.29 is 4.79 Å². The Bertz CT molecular complexity index is 1110. The van der Waals surface area contributed by atoms with E-state index in [0.29, 0.717) is 16.8 Å². The number of carbonyl (C=O) groups is 1. The van der Waals surface area contributed by atoms with E-state index in [1.54, 1.807) is 18.6 Å². The highest BCUT2D eigenvalue weighted by atomic mass is 16.1. The van der Waals surface area contributed by atoms with E-state index in [1.165, 1.54) is 6.42 Å². The number of anilines is 1. The number of aromatic nitrogens is 3. The van der Waals surface area contributed by atoms with Gasteiger partial charge in [0.15, 0.2) is 0 Å². The monoisotopic (exact) mass is 435 g/mol. The zero-order chi connectivity index (χ0) is 23.7. The fraction of sp³-hybridized carbons (Fsp3) is 0.360. The Labute approximate surface area is 189 Å². The Morgan fingerprint density at radius 2 is 1.78 bits per heavy atom. The number of aromatic amines is 1. The summed E-state index contributed by atoms with van der Waals surface area (Å²) < 4.78 is 0. The summed E-state index contributed by atoms with van der Waals surface area (Å²) in [6.45, 7) is 12.7. The number of carbonyl (C=O) groups excluding carboxylic acids is 1. The van der Waals surface area contributed by atoms with Crippen LogP contribution in [0.25, 0.3) is 11.3 Å². The number of nitrogens with one attached hydrogen (secondary N) is 3. The summed E-state index contributed by atoms with van der Waals surface area (Å²) >= 11 is 0. The lowest BCUT2D eigenvalue weighted by atomic mass is 10.00. The highest BCUT2D eigenvalue weighted by Gasteiger charge is 2.16. The maximum atomic E-state index is 13.0. The average molecular weight is 436 g/mol. The largest absolute Gasteiger partial charge is 0.385 e. The minimum absolute atomic E-state index is 0.158. The summed E-state index contributed by atoms with van der Waals surface area (Å²) in [6.07, 6.45) is 6.14. The number of H-pyrrole nitrogens is 1. The first-order chi connectivity index (χ1) is 15.3. The first-order valence-electron chi connectivity index (χ1n) is 10.9. The number of aryl methyl sites for hydroxylation is 2. The number of benzene rings is 1. The molecule has 0 unspecified atom stereocenters. The zero-order valence-electron chi connectivity index (χ0n) is 19.8. The number of hydrogen-bond acceptors (Lipinski definition) is 5. The van der Waals surface area contributed by atoms with Crippen LogP contribution in [0.5, 0.6) is 0 Å². The molecule has 0 aliphatic heterocycles. The van der Waals surface area contributed by atoms with Crippen LogP contribution in [0.15, 0.2) is 41.6 Å². The van der Waals surface area contributed by atoms with Crippen molar-refractivity contribution in [2.45, 2.75) is 54.5 Å². The van der Waals surface area contributed by atoms with Gasteiger partial charge in [-0.05, 0) is 57.0 Å². The molecule has 0 aliphatic carbocycles. The molecule has 0 saturated heterocycles. The smallest absolute Gasteiger partial charge is 0.253 e. The average Bonchev–Trinajstić information content (AvgIpc) is 2.75. The molecular weight excluding hydrogens is 402 g/mol. The Morgan fingerprint density at radius 1 is 1.06 bits per heavy atom. The van der Waals surface area contributed by atoms with Gasteiger partial charge in [-0.25, -0.2) is 0 Å². The van der Waals surface area contributed by atoms with Crippen LogP contribution in [0.1, 0.15) is 59.9 Å². The van der Waals surface area contributed by atoms with Gasteiger partial charge in [-0.3, -0.25) is 19.6 Å². The number of amides is 1. The molecular formula is C25H33N5O2. The van der Waals surface area contributed by atoms with Crippen molar-refractivity contribution in [3.63, 3.8) is 0 Å². The molecule has 0 atom stereocenters. The molecule has 2 heterocycles. The molecule has 0 saturated carbocycles. The number of hydrogen-bond donors (Lipinski definition) is 3. The molecule has 1 aromatic carbocycles. The van der Waals surface area contributed by atoms with Crippen molar-refractivity contribution in [3.8, 4) is 11.3 Å². The van der Waals surface area contributed by atoms with Crippen molar-refractivity contribution in [2.24, 2.45) is 0 Å². The Kier molecular flexibility index (Phi) is 9.13. The van der Waals surface area contributed by atoms with Crippen LogP contribution in [0.3, 0.4) is 0 Å². The lowest BCUT2D eigenvalue weighted by Gasteiger charge is -2.15. The summed E-state index contributed by atoms with van der Waals surface area (Å²) in [6, 6.07) is 5.67. The first-order valence-corrected chi connectivity index (χ1v) is 10.9. The van der Waals surface area contributed by atoms with E-state index >= 15 is 0 Å². The van der Waals surface area contributed by atoms with Crippen molar-refractivity contribution in [3.05, 3.63) is 75.1 Å². The predicted molar refractivity (Wildman–Crippen MR) is 130 cm³/mol. The van der Waals surface area contributed by atoms with E-state index in [-0.39, 0.29) is 18.0 Å². The number of rotatable bonds is 6. The lowest BCUT2D eigenvalue weighted by molar-refractivity contribution is 0.0950. The molecule has 0 aliphatic rings. The van der Waals surface area contributed by atoms with Gasteiger partial charge in [0.25, 0.3) is 11.5 Å². The predicted octanol–water partition coefficient (Wildman–Crippen LogP) is 4.54. The van der Waals surface area contributed by atoms with Gasteiger partial charge in [-0.15, -0.1) is 0 Å². The molecule has 32 heavy (non-hydrogen) atoms. The summed E-state index contributed by atoms with van der Waals surface area (Å²) in [7, 11) is 0. The second-order valence-corrected chi connectivity index (χ2v) is 7.65. The van der Waals surface area contributed by atoms with Crippen LogP contribution < -0.4 is 16.2 Å². The third kappa shape index (κ3) is 6.26. The molecule has 7 heteroatoms. The Balaban J connectivity index is 0.00000114. The van der Waals surface area contributed by atoms with Crippen LogP contribution >= 0.6 is 0 Å². The first kappa shape index (κ1) is 24.8. The van der Waals surface area contributed by atoms with E-state index in [0.717, 1.165) is 34.6 Å². The third-order valence-electron chi connectivity index (χ3n) is 4.80. The van der Waals surface area contributed by atoms with E-state index in [1.807, 2.05) is 45.9 Å². The highest BCUT2D eigenvalue weighted by Crippen LogP contribution is 2.27. The molecule has 0 bridgehead atoms. The minimum atomic E-state index is -0.244. The Morgan fingerprint density at radius 3 is 2.38 bits per heavy atom. The molecule has 3 N–H and O–H groups in total. The molecule has 1 amide bonds. The van der Waals surface area contributed by atoms with Gasteiger partial charge in [-0.2, -0.15) is 0 Å². The molecule has 3 aromatic rings. The van der Waals surface area contributed by atoms with Crippen molar-refractivity contribution in [1.29, 1.82) is 0 Å². The maximum Gasteiger partial charge on any atom is 0.253 e. The van der Waals surface area contributed by atoms with Gasteiger partial charge in [0.05, 0.1) is 11.9 Å². The minimum Gasteiger partial charge on any atom is -0.385 e. The molecule has 0 spiro atoms. The molecule has 7 nitrogen and oxygen atoms in total. The van der Waals surface area contributed by atoms with Crippen LogP contribution in [-0.4, -0.2) is 27.4 Å². The lowest BCUT2D eigenvalue weighted by Crippen LogP contribution is -2.28. The summed E-state index contributed by atoms with van der Waals surface area (Å²) in [5, 5.41) is 6.18. The SMILES string of the molecule is CCC.CCNc1cc(-c2cnccn2)cc(C(=O)NCc2c(C)cc(C)[nH]c2=O)c1C. The summed E-state index contributed by atoms with van der Waals surface area (Å²) in [5.41, 5.74) is 5.75. The van der Waals surface area contributed by atoms with E-state index in [9.17, 15) is 9.59 Å². The molecule has 170 valence electrons. The van der Waals surface area contributed by atoms with Crippen LogP contribution in [0, 0.1) is 20.8 Å². The van der Waals surface area contributed by atoms with Crippen molar-refractivity contribution in [2.75, 3.05) is 11.9 Å². The number of pyridine rings is 1. The zero-order valence-corrected chi connectivity index (χ0v) is 19.8. The topological polar surface area (TPSA) is 99.8 Å². The van der Waals surface area contributed by atoms with Gasteiger partial charge in [0.1, 0.15) is 0 Å². The van der Waals surface area contributed by atoms with E-state index in [4.69, 9.17) is 0 Å². The molecule has 2 aromatic heterocycles. The highest BCUT2D eigenvalue weighted by molar-refractivity contribution is 5.98. The number of nitrogens with zero attached hydrogens (tertiary/aromatic N) is 2. The van der Waals surface area contributed by atoms with E-state index in [2.05, 4.69) is 39.4 Å².